The Morgan fingerprint density at radius 2 is 1.86 bits per heavy atom. The number of rotatable bonds is 7. The van der Waals surface area contributed by atoms with E-state index >= 15 is 0 Å². The van der Waals surface area contributed by atoms with Gasteiger partial charge in [-0.05, 0) is 57.3 Å². The fourth-order valence-corrected chi connectivity index (χ4v) is 3.23. The number of halogens is 4. The van der Waals surface area contributed by atoms with Crippen molar-refractivity contribution in [3.05, 3.63) is 29.8 Å². The molecule has 0 bridgehead atoms. The van der Waals surface area contributed by atoms with Crippen LogP contribution in [0.4, 0.5) is 18.9 Å². The lowest BCUT2D eigenvalue weighted by molar-refractivity contribution is -0.137. The van der Waals surface area contributed by atoms with Gasteiger partial charge in [-0.3, -0.25) is 9.59 Å². The van der Waals surface area contributed by atoms with Crippen LogP contribution < -0.4 is 10.6 Å². The molecule has 0 unspecified atom stereocenters. The first kappa shape index (κ1) is 24.2. The highest BCUT2D eigenvalue weighted by atomic mass is 35.5. The Morgan fingerprint density at radius 1 is 1.21 bits per heavy atom. The third-order valence-corrected chi connectivity index (χ3v) is 4.80. The molecule has 2 rings (SSSR count). The average molecular weight is 422 g/mol. The second-order valence-corrected chi connectivity index (χ2v) is 6.73. The standard InChI is InChI=1S/C19H26F3N3O2.ClH/c1-2-25(18(27)8-7-14-9-11-23-12-10-14)13-17(26)24-16-6-4-3-5-15(16)19(20,21)22;/h3-6,14,23H,2,7-13H2,1H3,(H,24,26);1H. The molecule has 1 heterocycles. The molecule has 1 saturated heterocycles. The average Bonchev–Trinajstić information content (AvgIpc) is 2.64. The van der Waals surface area contributed by atoms with Gasteiger partial charge < -0.3 is 15.5 Å². The van der Waals surface area contributed by atoms with E-state index in [1.165, 1.54) is 23.1 Å². The van der Waals surface area contributed by atoms with Gasteiger partial charge in [0.15, 0.2) is 0 Å². The van der Waals surface area contributed by atoms with Gasteiger partial charge in [0.1, 0.15) is 0 Å². The van der Waals surface area contributed by atoms with Gasteiger partial charge in [-0.15, -0.1) is 12.4 Å². The second kappa shape index (κ2) is 11.3. The Balaban J connectivity index is 0.00000392. The van der Waals surface area contributed by atoms with Crippen LogP contribution in [0.3, 0.4) is 0 Å². The zero-order chi connectivity index (χ0) is 19.9. The van der Waals surface area contributed by atoms with E-state index in [0.717, 1.165) is 38.4 Å². The predicted molar refractivity (Wildman–Crippen MR) is 104 cm³/mol. The zero-order valence-corrected chi connectivity index (χ0v) is 16.7. The topological polar surface area (TPSA) is 61.4 Å². The van der Waals surface area contributed by atoms with Crippen LogP contribution in [0.15, 0.2) is 24.3 Å². The molecule has 1 aliphatic heterocycles. The van der Waals surface area contributed by atoms with Gasteiger partial charge in [-0.1, -0.05) is 12.1 Å². The van der Waals surface area contributed by atoms with Crippen LogP contribution in [0.2, 0.25) is 0 Å². The number of hydrogen-bond donors (Lipinski definition) is 2. The maximum atomic E-state index is 13.0. The highest BCUT2D eigenvalue weighted by molar-refractivity contribution is 5.95. The molecular weight excluding hydrogens is 395 g/mol. The van der Waals surface area contributed by atoms with Crippen molar-refractivity contribution in [2.75, 3.05) is 31.5 Å². The minimum atomic E-state index is -4.56. The molecule has 9 heteroatoms. The number of nitrogens with zero attached hydrogens (tertiary/aromatic N) is 1. The molecule has 5 nitrogen and oxygen atoms in total. The number of piperidine rings is 1. The molecule has 0 aromatic heterocycles. The van der Waals surface area contributed by atoms with Crippen molar-refractivity contribution in [1.29, 1.82) is 0 Å². The highest BCUT2D eigenvalue weighted by Crippen LogP contribution is 2.34. The molecule has 28 heavy (non-hydrogen) atoms. The van der Waals surface area contributed by atoms with Crippen LogP contribution in [0.1, 0.15) is 38.2 Å². The normalized spacial score (nSPS) is 14.9. The van der Waals surface area contributed by atoms with Crippen LogP contribution in [-0.2, 0) is 15.8 Å². The van der Waals surface area contributed by atoms with Gasteiger partial charge in [0, 0.05) is 13.0 Å². The Morgan fingerprint density at radius 3 is 2.46 bits per heavy atom. The molecule has 0 spiro atoms. The highest BCUT2D eigenvalue weighted by Gasteiger charge is 2.33. The summed E-state index contributed by atoms with van der Waals surface area (Å²) in [5.41, 5.74) is -1.20. The van der Waals surface area contributed by atoms with E-state index in [9.17, 15) is 22.8 Å². The number of amides is 2. The van der Waals surface area contributed by atoms with Crippen LogP contribution >= 0.6 is 12.4 Å². The molecule has 1 aromatic rings. The monoisotopic (exact) mass is 421 g/mol. The smallest absolute Gasteiger partial charge is 0.334 e. The number of nitrogens with one attached hydrogen (secondary N) is 2. The first-order valence-corrected chi connectivity index (χ1v) is 9.25. The summed E-state index contributed by atoms with van der Waals surface area (Å²) in [6.07, 6.45) is -1.36. The van der Waals surface area contributed by atoms with Crippen LogP contribution in [0, 0.1) is 5.92 Å². The number of para-hydroxylation sites is 1. The predicted octanol–water partition coefficient (Wildman–Crippen LogP) is 3.69. The van der Waals surface area contributed by atoms with Gasteiger partial charge >= 0.3 is 6.18 Å². The van der Waals surface area contributed by atoms with Crippen molar-refractivity contribution < 1.29 is 22.8 Å². The molecule has 2 N–H and O–H groups in total. The van der Waals surface area contributed by atoms with E-state index in [2.05, 4.69) is 10.6 Å². The lowest BCUT2D eigenvalue weighted by Gasteiger charge is -2.25. The minimum Gasteiger partial charge on any atom is -0.334 e. The maximum Gasteiger partial charge on any atom is 0.418 e. The molecule has 0 radical (unpaired) electrons. The zero-order valence-electron chi connectivity index (χ0n) is 15.8. The summed E-state index contributed by atoms with van der Waals surface area (Å²) in [6, 6.07) is 4.81. The van der Waals surface area contributed by atoms with Crippen LogP contribution in [0.25, 0.3) is 0 Å². The van der Waals surface area contributed by atoms with E-state index < -0.39 is 17.6 Å². The van der Waals surface area contributed by atoms with Crippen molar-refractivity contribution in [2.24, 2.45) is 5.92 Å². The third-order valence-electron chi connectivity index (χ3n) is 4.80. The van der Waals surface area contributed by atoms with E-state index in [4.69, 9.17) is 0 Å². The summed E-state index contributed by atoms with van der Waals surface area (Å²) in [5.74, 6) is -0.277. The van der Waals surface area contributed by atoms with E-state index in [1.807, 2.05) is 0 Å². The molecular formula is C19H27ClF3N3O2. The van der Waals surface area contributed by atoms with E-state index in [0.29, 0.717) is 18.9 Å². The fraction of sp³-hybridized carbons (Fsp3) is 0.579. The fourth-order valence-electron chi connectivity index (χ4n) is 3.23. The second-order valence-electron chi connectivity index (χ2n) is 6.73. The first-order valence-electron chi connectivity index (χ1n) is 9.25. The van der Waals surface area contributed by atoms with Gasteiger partial charge in [-0.25, -0.2) is 0 Å². The minimum absolute atomic E-state index is 0. The molecule has 1 fully saturated rings. The van der Waals surface area contributed by atoms with Crippen LogP contribution in [-0.4, -0.2) is 42.9 Å². The summed E-state index contributed by atoms with van der Waals surface area (Å²) < 4.78 is 39.0. The number of hydrogen-bond acceptors (Lipinski definition) is 3. The molecule has 158 valence electrons. The Labute approximate surface area is 169 Å². The molecule has 1 aromatic carbocycles. The molecule has 2 amide bonds. The quantitative estimate of drug-likeness (QED) is 0.705. The summed E-state index contributed by atoms with van der Waals surface area (Å²) >= 11 is 0. The Hall–Kier alpha value is -1.80. The van der Waals surface area contributed by atoms with Crippen molar-refractivity contribution in [3.63, 3.8) is 0 Å². The lowest BCUT2D eigenvalue weighted by atomic mass is 9.93. The first-order chi connectivity index (χ1) is 12.8. The van der Waals surface area contributed by atoms with Crippen molar-refractivity contribution in [1.82, 2.24) is 10.2 Å². The van der Waals surface area contributed by atoms with Gasteiger partial charge in [0.2, 0.25) is 11.8 Å². The van der Waals surface area contributed by atoms with Gasteiger partial charge in [-0.2, -0.15) is 13.2 Å². The summed E-state index contributed by atoms with van der Waals surface area (Å²) in [6.45, 7) is 3.74. The number of carbonyl (C=O) groups is 2. The number of alkyl halides is 3. The third kappa shape index (κ3) is 7.31. The lowest BCUT2D eigenvalue weighted by Crippen LogP contribution is -2.38. The molecule has 1 aliphatic rings. The van der Waals surface area contributed by atoms with Crippen molar-refractivity contribution in [3.8, 4) is 0 Å². The van der Waals surface area contributed by atoms with Gasteiger partial charge in [0.05, 0.1) is 17.8 Å². The van der Waals surface area contributed by atoms with Crippen molar-refractivity contribution in [2.45, 2.75) is 38.8 Å². The molecule has 0 aliphatic carbocycles. The summed E-state index contributed by atoms with van der Waals surface area (Å²) in [4.78, 5) is 26.0. The largest absolute Gasteiger partial charge is 0.418 e. The van der Waals surface area contributed by atoms with E-state index in [1.54, 1.807) is 6.92 Å². The Bertz CT molecular complexity index is 650. The summed E-state index contributed by atoms with van der Waals surface area (Å²) in [7, 11) is 0. The van der Waals surface area contributed by atoms with E-state index in [-0.39, 0.29) is 30.5 Å². The number of anilines is 1. The van der Waals surface area contributed by atoms with Crippen LogP contribution in [0.5, 0.6) is 0 Å². The maximum absolute atomic E-state index is 13.0. The molecule has 0 saturated carbocycles. The number of carbonyl (C=O) groups excluding carboxylic acids is 2. The van der Waals surface area contributed by atoms with Gasteiger partial charge in [0.25, 0.3) is 0 Å². The molecule has 0 atom stereocenters. The summed E-state index contributed by atoms with van der Waals surface area (Å²) in [5, 5.41) is 5.55. The number of benzene rings is 1. The Kier molecular flexibility index (Phi) is 9.75. The number of likely N-dealkylation sites (N-methyl/N-ethyl adjacent to an activating group) is 1. The SMILES string of the molecule is CCN(CC(=O)Nc1ccccc1C(F)(F)F)C(=O)CCC1CCNCC1.Cl. The van der Waals surface area contributed by atoms with Crippen molar-refractivity contribution >= 4 is 29.9 Å².